The fourth-order valence-electron chi connectivity index (χ4n) is 9.07. The summed E-state index contributed by atoms with van der Waals surface area (Å²) in [5.74, 6) is 3.61. The molecule has 0 aliphatic carbocycles. The lowest BCUT2D eigenvalue weighted by Crippen LogP contribution is -2.30. The van der Waals surface area contributed by atoms with Crippen molar-refractivity contribution in [3.8, 4) is 5.88 Å². The van der Waals surface area contributed by atoms with Gasteiger partial charge in [-0.25, -0.2) is 15.0 Å². The van der Waals surface area contributed by atoms with Crippen molar-refractivity contribution in [3.63, 3.8) is 0 Å². The number of anilines is 1. The van der Waals surface area contributed by atoms with E-state index in [1.165, 1.54) is 11.1 Å². The molecule has 0 bridgehead atoms. The van der Waals surface area contributed by atoms with Crippen molar-refractivity contribution in [2.24, 2.45) is 0 Å². The van der Waals surface area contributed by atoms with E-state index in [9.17, 15) is 35.7 Å². The largest absolute Gasteiger partial charge is 0.475 e. The number of nitrogens with one attached hydrogen (secondary N) is 2. The maximum Gasteiger partial charge on any atom is 0.213 e. The lowest BCUT2D eigenvalue weighted by molar-refractivity contribution is -0.0243. The highest BCUT2D eigenvalue weighted by molar-refractivity contribution is 7.99. The topological polar surface area (TPSA) is 310 Å². The highest BCUT2D eigenvalue weighted by atomic mass is 32.2. The smallest absolute Gasteiger partial charge is 0.213 e. The molecule has 9 N–H and O–H groups in total. The molecule has 116 heavy (non-hydrogen) atoms. The molecular weight excluding hydrogens is 1510 g/mol. The molecule has 0 saturated carbocycles. The number of aliphatic hydroxyl groups excluding tert-OH is 7. The van der Waals surface area contributed by atoms with Gasteiger partial charge in [-0.1, -0.05) is 209 Å². The Morgan fingerprint density at radius 2 is 0.690 bits per heavy atom. The van der Waals surface area contributed by atoms with Crippen LogP contribution in [0.5, 0.6) is 5.88 Å². The van der Waals surface area contributed by atoms with Crippen molar-refractivity contribution < 1.29 is 83.1 Å². The van der Waals surface area contributed by atoms with Gasteiger partial charge < -0.3 is 93.7 Å². The monoisotopic (exact) mass is 1660 g/mol. The van der Waals surface area contributed by atoms with E-state index in [0.717, 1.165) is 156 Å². The Labute approximate surface area is 704 Å². The molecule has 25 heteroatoms. The van der Waals surface area contributed by atoms with Gasteiger partial charge in [0.15, 0.2) is 0 Å². The highest BCUT2D eigenvalue weighted by Gasteiger charge is 2.11. The Bertz CT molecular complexity index is 2690. The molecule has 0 aliphatic heterocycles. The predicted molar refractivity (Wildman–Crippen MR) is 470 cm³/mol. The standard InChI is InChI=1S/C14H23NO2.C14H22O3.C14H22O2S.C13H21NO3.C12H20N2O2.C12H19NO3.C12H19NO2S/c1-2-3-9-17-12-14(16)11-15-10-13-7-5-4-6-8-13;1-2-3-9-16-11-14(15)12-17-10-13-7-5-4-6-8-13;1-2-3-9-16-10-14(15)12-17-11-13-7-5-4-6-8-13;1-2-3-8-16-10-13(15)11-17-9-12-6-4-5-7-14-12;1-2-3-8-16-10-11(15)9-14-12-6-4-5-7-13-12;2*1-2-3-8-15-9-11(14)10-16-12-6-4-5-7-13-12/h4-8,14-16H,2-3,9-12H2,1H3;2*4-8,14-15H,2-3,9-12H2,1H3;4-7,13,15H,2-3,8-11H2,1H3;4-7,11,15H,2-3,8-10H2,1H3,(H,13,14);2*4-7,11,14H,2-3,8-10H2,1H3. The third-order valence-electron chi connectivity index (χ3n) is 15.7. The first-order valence-electron chi connectivity index (χ1n) is 41.8. The molecule has 4 aromatic heterocycles. The van der Waals surface area contributed by atoms with Crippen molar-refractivity contribution >= 4 is 29.3 Å². The van der Waals surface area contributed by atoms with E-state index in [-0.39, 0.29) is 19.3 Å². The lowest BCUT2D eigenvalue weighted by atomic mass is 10.2. The van der Waals surface area contributed by atoms with Gasteiger partial charge in [0.25, 0.3) is 0 Å². The summed E-state index contributed by atoms with van der Waals surface area (Å²) in [4.78, 5) is 16.4. The molecule has 7 unspecified atom stereocenters. The number of thioether (sulfide) groups is 2. The molecule has 4 heterocycles. The van der Waals surface area contributed by atoms with Crippen LogP contribution in [0.15, 0.2) is 194 Å². The van der Waals surface area contributed by atoms with Crippen LogP contribution in [0.2, 0.25) is 0 Å². The van der Waals surface area contributed by atoms with E-state index in [1.54, 1.807) is 54.4 Å². The van der Waals surface area contributed by atoms with Crippen molar-refractivity contribution in [1.82, 2.24) is 25.3 Å². The molecule has 0 spiro atoms. The Balaban J connectivity index is 0.000000677. The second-order valence-corrected chi connectivity index (χ2v) is 29.2. The first-order valence-corrected chi connectivity index (χ1v) is 43.9. The molecule has 23 nitrogen and oxygen atoms in total. The van der Waals surface area contributed by atoms with Gasteiger partial charge in [0.1, 0.15) is 30.7 Å². The summed E-state index contributed by atoms with van der Waals surface area (Å²) in [6.07, 6.45) is 18.6. The van der Waals surface area contributed by atoms with Gasteiger partial charge in [-0.3, -0.25) is 4.98 Å². The van der Waals surface area contributed by atoms with Crippen LogP contribution in [0.3, 0.4) is 0 Å². The third-order valence-corrected chi connectivity index (χ3v) is 17.9. The Morgan fingerprint density at radius 3 is 1.12 bits per heavy atom. The van der Waals surface area contributed by atoms with Crippen LogP contribution in [0.4, 0.5) is 5.82 Å². The summed E-state index contributed by atoms with van der Waals surface area (Å²) in [5.41, 5.74) is 4.52. The molecule has 7 atom stereocenters. The zero-order valence-electron chi connectivity index (χ0n) is 70.8. The number of hydrogen-bond donors (Lipinski definition) is 9. The van der Waals surface area contributed by atoms with Crippen LogP contribution in [-0.2, 0) is 68.1 Å². The van der Waals surface area contributed by atoms with Gasteiger partial charge in [-0.15, -0.1) is 11.8 Å². The minimum atomic E-state index is -0.598. The maximum atomic E-state index is 9.68. The minimum Gasteiger partial charge on any atom is -0.475 e. The second-order valence-electron chi connectivity index (χ2n) is 27.1. The number of rotatable bonds is 60. The Kier molecular flexibility index (Phi) is 76.8. The summed E-state index contributed by atoms with van der Waals surface area (Å²) < 4.78 is 53.3. The first kappa shape index (κ1) is 108. The number of aromatic nitrogens is 4. The van der Waals surface area contributed by atoms with Crippen LogP contribution >= 0.6 is 23.5 Å². The first-order chi connectivity index (χ1) is 56.8. The van der Waals surface area contributed by atoms with Gasteiger partial charge in [-0.2, -0.15) is 11.8 Å². The number of ether oxygens (including phenoxy) is 10. The predicted octanol–water partition coefficient (Wildman–Crippen LogP) is 14.9. The zero-order chi connectivity index (χ0) is 84.3. The summed E-state index contributed by atoms with van der Waals surface area (Å²) in [6.45, 7) is 26.1. The van der Waals surface area contributed by atoms with Gasteiger partial charge in [0, 0.05) is 114 Å². The molecule has 0 saturated heterocycles. The van der Waals surface area contributed by atoms with E-state index in [4.69, 9.17) is 47.4 Å². The van der Waals surface area contributed by atoms with Crippen LogP contribution in [0, 0.1) is 0 Å². The molecule has 0 fully saturated rings. The van der Waals surface area contributed by atoms with Crippen LogP contribution in [0.1, 0.15) is 161 Å². The molecule has 7 aromatic rings. The fourth-order valence-corrected chi connectivity index (χ4v) is 10.8. The molecule has 7 rings (SSSR count). The van der Waals surface area contributed by atoms with Gasteiger partial charge in [-0.05, 0) is 104 Å². The van der Waals surface area contributed by atoms with E-state index in [2.05, 4.69) is 103 Å². The van der Waals surface area contributed by atoms with E-state index < -0.39 is 36.6 Å². The molecular formula is C91H146N6O17S2. The summed E-state index contributed by atoms with van der Waals surface area (Å²) in [5, 5.41) is 74.4. The Hall–Kier alpha value is -6.12. The quantitative estimate of drug-likeness (QED) is 0.0126. The van der Waals surface area contributed by atoms with E-state index in [0.29, 0.717) is 111 Å². The number of unbranched alkanes of at least 4 members (excludes halogenated alkanes) is 7. The Morgan fingerprint density at radius 1 is 0.319 bits per heavy atom. The molecule has 3 aromatic carbocycles. The lowest BCUT2D eigenvalue weighted by Gasteiger charge is -2.12. The molecule has 0 amide bonds. The van der Waals surface area contributed by atoms with Gasteiger partial charge >= 0.3 is 0 Å². The summed E-state index contributed by atoms with van der Waals surface area (Å²) >= 11 is 3.30. The average molecular weight is 1660 g/mol. The number of hydrogen-bond acceptors (Lipinski definition) is 25. The molecule has 0 aliphatic rings. The van der Waals surface area contributed by atoms with Crippen molar-refractivity contribution in [2.75, 3.05) is 142 Å². The van der Waals surface area contributed by atoms with Crippen LogP contribution in [-0.4, -0.2) is 235 Å². The van der Waals surface area contributed by atoms with E-state index in [1.807, 2.05) is 133 Å². The van der Waals surface area contributed by atoms with E-state index >= 15 is 0 Å². The molecule has 654 valence electrons. The van der Waals surface area contributed by atoms with Crippen LogP contribution in [0.25, 0.3) is 0 Å². The van der Waals surface area contributed by atoms with Crippen molar-refractivity contribution in [3.05, 3.63) is 211 Å². The number of nitrogens with zero attached hydrogens (tertiary/aromatic N) is 4. The maximum absolute atomic E-state index is 9.68. The SMILES string of the molecule is CCCCOCC(O)CNCc1ccccc1.CCCCOCC(O)CNc1ccccn1.CCCCOCC(O)COCc1ccccc1.CCCCOCC(O)COCc1ccccn1.CCCCOCC(O)COc1ccccn1.CCCCOCC(O)CSCc1ccccc1.CCCCOCC(O)CSc1ccccn1. The number of benzene rings is 3. The van der Waals surface area contributed by atoms with Gasteiger partial charge in [0.05, 0.1) is 108 Å². The second kappa shape index (κ2) is 82.6. The van der Waals surface area contributed by atoms with Gasteiger partial charge in [0.2, 0.25) is 5.88 Å². The fraction of sp³-hybridized carbons (Fsp3) is 0.582. The highest BCUT2D eigenvalue weighted by Crippen LogP contribution is 2.16. The third kappa shape index (κ3) is 71.9. The minimum absolute atomic E-state index is 0.211. The molecule has 0 radical (unpaired) electrons. The number of aliphatic hydroxyl groups is 7. The van der Waals surface area contributed by atoms with Crippen molar-refractivity contribution in [1.29, 1.82) is 0 Å². The normalized spacial score (nSPS) is 12.5. The van der Waals surface area contributed by atoms with Crippen molar-refractivity contribution in [2.45, 2.75) is 212 Å². The van der Waals surface area contributed by atoms with Crippen LogP contribution < -0.4 is 15.4 Å². The summed E-state index contributed by atoms with van der Waals surface area (Å²) in [6, 6.07) is 52.9. The average Bonchev–Trinajstić information content (AvgIpc) is 1.01. The zero-order valence-corrected chi connectivity index (χ0v) is 72.5. The summed E-state index contributed by atoms with van der Waals surface area (Å²) in [7, 11) is 0. The number of pyridine rings is 4.